The predicted molar refractivity (Wildman–Crippen MR) is 79.4 cm³/mol. The minimum atomic E-state index is -0.203. The van der Waals surface area contributed by atoms with Crippen molar-refractivity contribution < 1.29 is 4.39 Å². The number of halogens is 1. The van der Waals surface area contributed by atoms with Gasteiger partial charge in [0.05, 0.1) is 5.52 Å². The van der Waals surface area contributed by atoms with E-state index in [9.17, 15) is 4.39 Å². The largest absolute Gasteiger partial charge is 0.359 e. The summed E-state index contributed by atoms with van der Waals surface area (Å²) in [7, 11) is 0. The Morgan fingerprint density at radius 3 is 2.80 bits per heavy atom. The fourth-order valence-corrected chi connectivity index (χ4v) is 2.76. The van der Waals surface area contributed by atoms with Crippen LogP contribution in [0.2, 0.25) is 0 Å². The Kier molecular flexibility index (Phi) is 2.39. The third-order valence-electron chi connectivity index (χ3n) is 3.72. The number of H-pyrrole nitrogens is 2. The van der Waals surface area contributed by atoms with E-state index in [4.69, 9.17) is 0 Å². The normalized spacial score (nSPS) is 11.4. The third kappa shape index (κ3) is 1.71. The zero-order valence-electron chi connectivity index (χ0n) is 10.8. The van der Waals surface area contributed by atoms with Gasteiger partial charge < -0.3 is 9.97 Å². The minimum Gasteiger partial charge on any atom is -0.359 e. The summed E-state index contributed by atoms with van der Waals surface area (Å²) in [4.78, 5) is 6.43. The highest BCUT2D eigenvalue weighted by atomic mass is 19.1. The Balaban J connectivity index is 1.78. The Morgan fingerprint density at radius 2 is 1.90 bits per heavy atom. The van der Waals surface area contributed by atoms with Crippen molar-refractivity contribution in [2.45, 2.75) is 6.42 Å². The van der Waals surface area contributed by atoms with E-state index >= 15 is 0 Å². The van der Waals surface area contributed by atoms with Crippen LogP contribution in [0.25, 0.3) is 21.8 Å². The van der Waals surface area contributed by atoms with Gasteiger partial charge >= 0.3 is 0 Å². The van der Waals surface area contributed by atoms with Gasteiger partial charge in [0.2, 0.25) is 0 Å². The van der Waals surface area contributed by atoms with Crippen LogP contribution < -0.4 is 0 Å². The van der Waals surface area contributed by atoms with Gasteiger partial charge in [-0.25, -0.2) is 4.39 Å². The Bertz CT molecular complexity index is 869. The van der Waals surface area contributed by atoms with E-state index in [0.717, 1.165) is 28.6 Å². The number of hydrogen-bond donors (Lipinski definition) is 2. The van der Waals surface area contributed by atoms with Crippen molar-refractivity contribution in [2.24, 2.45) is 0 Å². The van der Waals surface area contributed by atoms with Crippen LogP contribution in [0.3, 0.4) is 0 Å². The molecule has 0 bridgehead atoms. The first kappa shape index (κ1) is 11.3. The molecular weight excluding hydrogens is 251 g/mol. The number of benzene rings is 2. The van der Waals surface area contributed by atoms with E-state index in [2.05, 4.69) is 28.2 Å². The molecule has 3 heteroatoms. The van der Waals surface area contributed by atoms with Crippen molar-refractivity contribution in [3.05, 3.63) is 71.8 Å². The second-order valence-corrected chi connectivity index (χ2v) is 5.03. The summed E-state index contributed by atoms with van der Waals surface area (Å²) in [5, 5.41) is 2.15. The fourth-order valence-electron chi connectivity index (χ4n) is 2.76. The number of para-hydroxylation sites is 2. The van der Waals surface area contributed by atoms with Gasteiger partial charge in [-0.2, -0.15) is 0 Å². The number of aromatic nitrogens is 2. The molecule has 2 aromatic carbocycles. The van der Waals surface area contributed by atoms with E-state index in [1.54, 1.807) is 6.07 Å². The summed E-state index contributed by atoms with van der Waals surface area (Å²) in [6.45, 7) is 0. The van der Waals surface area contributed by atoms with Crippen LogP contribution in [-0.4, -0.2) is 9.97 Å². The van der Waals surface area contributed by atoms with E-state index in [1.165, 1.54) is 11.5 Å². The standard InChI is InChI=1S/C17H13FN2/c18-15-6-3-5-14-12(10-19-17(14)15)9-13-8-11-4-1-2-7-16(11)20-13/h1-8,10,19-20H,9H2. The van der Waals surface area contributed by atoms with Crippen molar-refractivity contribution in [1.29, 1.82) is 0 Å². The van der Waals surface area contributed by atoms with Crippen molar-refractivity contribution in [3.63, 3.8) is 0 Å². The van der Waals surface area contributed by atoms with Crippen LogP contribution in [0, 0.1) is 5.82 Å². The van der Waals surface area contributed by atoms with Gasteiger partial charge in [0.15, 0.2) is 0 Å². The molecular formula is C17H13FN2. The number of nitrogens with one attached hydrogen (secondary N) is 2. The Morgan fingerprint density at radius 1 is 1.00 bits per heavy atom. The van der Waals surface area contributed by atoms with Crippen LogP contribution in [0.15, 0.2) is 54.7 Å². The monoisotopic (exact) mass is 264 g/mol. The van der Waals surface area contributed by atoms with Crippen molar-refractivity contribution >= 4 is 21.8 Å². The van der Waals surface area contributed by atoms with Crippen molar-refractivity contribution in [2.75, 3.05) is 0 Å². The summed E-state index contributed by atoms with van der Waals surface area (Å²) < 4.78 is 13.7. The maximum Gasteiger partial charge on any atom is 0.147 e. The van der Waals surface area contributed by atoms with Gasteiger partial charge in [-0.1, -0.05) is 30.3 Å². The Hall–Kier alpha value is -2.55. The van der Waals surface area contributed by atoms with Gasteiger partial charge in [0.25, 0.3) is 0 Å². The minimum absolute atomic E-state index is 0.203. The van der Waals surface area contributed by atoms with Crippen LogP contribution in [0.4, 0.5) is 4.39 Å². The molecule has 0 aliphatic rings. The first-order chi connectivity index (χ1) is 9.81. The van der Waals surface area contributed by atoms with Gasteiger partial charge in [-0.05, 0) is 29.1 Å². The molecule has 0 radical (unpaired) electrons. The number of hydrogen-bond acceptors (Lipinski definition) is 0. The molecule has 2 heterocycles. The quantitative estimate of drug-likeness (QED) is 0.538. The molecule has 4 rings (SSSR count). The molecule has 2 aromatic heterocycles. The molecule has 2 nitrogen and oxygen atoms in total. The van der Waals surface area contributed by atoms with Gasteiger partial charge in [0.1, 0.15) is 5.82 Å². The second-order valence-electron chi connectivity index (χ2n) is 5.03. The molecule has 20 heavy (non-hydrogen) atoms. The summed E-state index contributed by atoms with van der Waals surface area (Å²) in [6, 6.07) is 15.5. The van der Waals surface area contributed by atoms with Crippen LogP contribution in [0.1, 0.15) is 11.3 Å². The van der Waals surface area contributed by atoms with E-state index in [-0.39, 0.29) is 5.82 Å². The Labute approximate surface area is 115 Å². The summed E-state index contributed by atoms with van der Waals surface area (Å²) in [6.07, 6.45) is 2.65. The van der Waals surface area contributed by atoms with Gasteiger partial charge in [0, 0.05) is 29.2 Å². The summed E-state index contributed by atoms with van der Waals surface area (Å²) in [5.41, 5.74) is 3.95. The zero-order valence-corrected chi connectivity index (χ0v) is 10.8. The smallest absolute Gasteiger partial charge is 0.147 e. The molecule has 2 N–H and O–H groups in total. The topological polar surface area (TPSA) is 31.6 Å². The molecule has 0 aliphatic carbocycles. The molecule has 0 amide bonds. The van der Waals surface area contributed by atoms with Crippen molar-refractivity contribution in [1.82, 2.24) is 9.97 Å². The molecule has 0 saturated heterocycles. The molecule has 0 saturated carbocycles. The lowest BCUT2D eigenvalue weighted by atomic mass is 10.1. The lowest BCUT2D eigenvalue weighted by molar-refractivity contribution is 0.637. The first-order valence-electron chi connectivity index (χ1n) is 6.62. The molecule has 0 atom stereocenters. The predicted octanol–water partition coefficient (Wildman–Crippen LogP) is 4.38. The second kappa shape index (κ2) is 4.23. The van der Waals surface area contributed by atoms with Crippen LogP contribution >= 0.6 is 0 Å². The first-order valence-corrected chi connectivity index (χ1v) is 6.62. The van der Waals surface area contributed by atoms with E-state index in [1.807, 2.05) is 24.4 Å². The third-order valence-corrected chi connectivity index (χ3v) is 3.72. The average Bonchev–Trinajstić information content (AvgIpc) is 3.04. The van der Waals surface area contributed by atoms with Gasteiger partial charge in [-0.3, -0.25) is 0 Å². The van der Waals surface area contributed by atoms with Crippen LogP contribution in [-0.2, 0) is 6.42 Å². The highest BCUT2D eigenvalue weighted by Gasteiger charge is 2.09. The molecule has 0 fully saturated rings. The fraction of sp³-hybridized carbons (Fsp3) is 0.0588. The summed E-state index contributed by atoms with van der Waals surface area (Å²) in [5.74, 6) is -0.203. The lowest BCUT2D eigenvalue weighted by Crippen LogP contribution is -1.86. The number of fused-ring (bicyclic) bond motifs is 2. The highest BCUT2D eigenvalue weighted by molar-refractivity contribution is 5.85. The molecule has 4 aromatic rings. The van der Waals surface area contributed by atoms with E-state index in [0.29, 0.717) is 5.52 Å². The van der Waals surface area contributed by atoms with Crippen molar-refractivity contribution in [3.8, 4) is 0 Å². The molecule has 98 valence electrons. The average molecular weight is 264 g/mol. The lowest BCUT2D eigenvalue weighted by Gasteiger charge is -1.97. The SMILES string of the molecule is Fc1cccc2c(Cc3cc4ccccc4[nH]3)c[nH]c12. The van der Waals surface area contributed by atoms with Crippen LogP contribution in [0.5, 0.6) is 0 Å². The number of rotatable bonds is 2. The molecule has 0 aliphatic heterocycles. The molecule has 0 unspecified atom stereocenters. The highest BCUT2D eigenvalue weighted by Crippen LogP contribution is 2.24. The maximum absolute atomic E-state index is 13.7. The number of aromatic amines is 2. The summed E-state index contributed by atoms with van der Waals surface area (Å²) >= 11 is 0. The maximum atomic E-state index is 13.7. The molecule has 0 spiro atoms. The van der Waals surface area contributed by atoms with E-state index < -0.39 is 0 Å². The zero-order chi connectivity index (χ0) is 13.5. The van der Waals surface area contributed by atoms with Gasteiger partial charge in [-0.15, -0.1) is 0 Å².